The fourth-order valence-electron chi connectivity index (χ4n) is 1.70. The van der Waals surface area contributed by atoms with Crippen molar-refractivity contribution >= 4 is 23.2 Å². The summed E-state index contributed by atoms with van der Waals surface area (Å²) in [4.78, 5) is 15.5. The Labute approximate surface area is 125 Å². The largest absolute Gasteiger partial charge is 0.495 e. The Hall–Kier alpha value is -2.34. The van der Waals surface area contributed by atoms with E-state index in [2.05, 4.69) is 10.3 Å². The van der Waals surface area contributed by atoms with Crippen LogP contribution in [0, 0.1) is 5.95 Å². The second kappa shape index (κ2) is 6.41. The highest BCUT2D eigenvalue weighted by molar-refractivity contribution is 6.32. The number of benzene rings is 1. The highest BCUT2D eigenvalue weighted by Gasteiger charge is 2.16. The molecule has 1 N–H and O–H groups in total. The molecular formula is C14H12ClFN2O3. The molecule has 0 radical (unpaired) electrons. The van der Waals surface area contributed by atoms with Gasteiger partial charge in [-0.05, 0) is 18.2 Å². The number of ether oxygens (including phenoxy) is 2. The molecule has 0 unspecified atom stereocenters. The van der Waals surface area contributed by atoms with Gasteiger partial charge in [0.05, 0.1) is 30.5 Å². The fourth-order valence-corrected chi connectivity index (χ4v) is 1.94. The van der Waals surface area contributed by atoms with Crippen LogP contribution in [-0.2, 0) is 0 Å². The van der Waals surface area contributed by atoms with E-state index in [-0.39, 0.29) is 5.56 Å². The van der Waals surface area contributed by atoms with Crippen LogP contribution in [0.2, 0.25) is 5.02 Å². The molecule has 0 atom stereocenters. The van der Waals surface area contributed by atoms with Crippen LogP contribution in [0.25, 0.3) is 0 Å². The molecule has 0 saturated heterocycles. The third-order valence-corrected chi connectivity index (χ3v) is 3.02. The van der Waals surface area contributed by atoms with Crippen molar-refractivity contribution in [3.63, 3.8) is 0 Å². The molecule has 0 bridgehead atoms. The minimum Gasteiger partial charge on any atom is -0.495 e. The number of anilines is 1. The lowest BCUT2D eigenvalue weighted by Crippen LogP contribution is -2.15. The Kier molecular flexibility index (Phi) is 4.59. The minimum absolute atomic E-state index is 0.175. The van der Waals surface area contributed by atoms with Crippen molar-refractivity contribution in [1.82, 2.24) is 4.98 Å². The molecule has 1 aromatic heterocycles. The summed E-state index contributed by atoms with van der Waals surface area (Å²) in [6.45, 7) is 0. The van der Waals surface area contributed by atoms with E-state index in [0.29, 0.717) is 22.2 Å². The van der Waals surface area contributed by atoms with Crippen molar-refractivity contribution in [2.75, 3.05) is 19.5 Å². The number of aromatic nitrogens is 1. The molecule has 21 heavy (non-hydrogen) atoms. The summed E-state index contributed by atoms with van der Waals surface area (Å²) in [7, 11) is 2.90. The van der Waals surface area contributed by atoms with Gasteiger partial charge in [-0.1, -0.05) is 11.6 Å². The molecule has 7 heteroatoms. The average molecular weight is 311 g/mol. The first kappa shape index (κ1) is 15.1. The molecule has 5 nitrogen and oxygen atoms in total. The third kappa shape index (κ3) is 3.22. The minimum atomic E-state index is -0.853. The molecule has 0 aliphatic carbocycles. The maximum Gasteiger partial charge on any atom is 0.260 e. The van der Waals surface area contributed by atoms with Gasteiger partial charge in [0, 0.05) is 12.3 Å². The van der Waals surface area contributed by atoms with Gasteiger partial charge in [0.2, 0.25) is 5.95 Å². The van der Waals surface area contributed by atoms with E-state index < -0.39 is 11.9 Å². The lowest BCUT2D eigenvalue weighted by Gasteiger charge is -2.13. The van der Waals surface area contributed by atoms with Gasteiger partial charge in [-0.25, -0.2) is 4.98 Å². The van der Waals surface area contributed by atoms with Gasteiger partial charge < -0.3 is 14.8 Å². The zero-order valence-corrected chi connectivity index (χ0v) is 12.1. The number of amides is 1. The Morgan fingerprint density at radius 3 is 2.62 bits per heavy atom. The summed E-state index contributed by atoms with van der Waals surface area (Å²) in [6.07, 6.45) is 1.26. The molecule has 0 aliphatic heterocycles. The number of nitrogens with one attached hydrogen (secondary N) is 1. The zero-order chi connectivity index (χ0) is 15.4. The van der Waals surface area contributed by atoms with E-state index in [9.17, 15) is 9.18 Å². The molecule has 1 amide bonds. The number of pyridine rings is 1. The van der Waals surface area contributed by atoms with Crippen LogP contribution in [-0.4, -0.2) is 25.1 Å². The number of hydrogen-bond acceptors (Lipinski definition) is 4. The van der Waals surface area contributed by atoms with Crippen LogP contribution in [0.5, 0.6) is 11.5 Å². The number of halogens is 2. The summed E-state index contributed by atoms with van der Waals surface area (Å²) in [6, 6.07) is 5.79. The number of carbonyl (C=O) groups is 1. The highest BCUT2D eigenvalue weighted by atomic mass is 35.5. The van der Waals surface area contributed by atoms with Gasteiger partial charge in [0.1, 0.15) is 11.5 Å². The van der Waals surface area contributed by atoms with Gasteiger partial charge in [-0.2, -0.15) is 4.39 Å². The normalized spacial score (nSPS) is 10.1. The van der Waals surface area contributed by atoms with Gasteiger partial charge in [-0.15, -0.1) is 0 Å². The zero-order valence-electron chi connectivity index (χ0n) is 11.3. The summed E-state index contributed by atoms with van der Waals surface area (Å²) in [5.41, 5.74) is 0.128. The fraction of sp³-hybridized carbons (Fsp3) is 0.143. The van der Waals surface area contributed by atoms with Crippen LogP contribution in [0.15, 0.2) is 30.5 Å². The Morgan fingerprint density at radius 1 is 1.29 bits per heavy atom. The van der Waals surface area contributed by atoms with E-state index in [0.717, 1.165) is 0 Å². The second-order valence-electron chi connectivity index (χ2n) is 3.98. The number of carbonyl (C=O) groups excluding carboxylic acids is 1. The molecule has 110 valence electrons. The first-order valence-electron chi connectivity index (χ1n) is 5.90. The molecule has 0 saturated carbocycles. The number of rotatable bonds is 4. The summed E-state index contributed by atoms with van der Waals surface area (Å²) >= 11 is 6.00. The molecule has 0 aliphatic rings. The monoisotopic (exact) mass is 310 g/mol. The van der Waals surface area contributed by atoms with Crippen molar-refractivity contribution in [2.45, 2.75) is 0 Å². The maximum atomic E-state index is 13.5. The molecular weight excluding hydrogens is 299 g/mol. The average Bonchev–Trinajstić information content (AvgIpc) is 2.48. The number of hydrogen-bond donors (Lipinski definition) is 1. The Bertz CT molecular complexity index is 679. The van der Waals surface area contributed by atoms with Crippen LogP contribution in [0.3, 0.4) is 0 Å². The highest BCUT2D eigenvalue weighted by Crippen LogP contribution is 2.36. The first-order chi connectivity index (χ1) is 10.1. The molecule has 0 fully saturated rings. The molecule has 2 aromatic rings. The maximum absolute atomic E-state index is 13.5. The first-order valence-corrected chi connectivity index (χ1v) is 6.28. The van der Waals surface area contributed by atoms with Crippen molar-refractivity contribution in [1.29, 1.82) is 0 Å². The van der Waals surface area contributed by atoms with E-state index in [1.807, 2.05) is 0 Å². The summed E-state index contributed by atoms with van der Waals surface area (Å²) in [5.74, 6) is -0.762. The van der Waals surface area contributed by atoms with Gasteiger partial charge in [-0.3, -0.25) is 4.79 Å². The third-order valence-electron chi connectivity index (χ3n) is 2.73. The van der Waals surface area contributed by atoms with Crippen molar-refractivity contribution in [2.24, 2.45) is 0 Å². The smallest absolute Gasteiger partial charge is 0.260 e. The second-order valence-corrected chi connectivity index (χ2v) is 4.39. The number of nitrogens with zero attached hydrogens (tertiary/aromatic N) is 1. The van der Waals surface area contributed by atoms with Gasteiger partial charge in [0.25, 0.3) is 5.91 Å². The quantitative estimate of drug-likeness (QED) is 0.881. The van der Waals surface area contributed by atoms with E-state index >= 15 is 0 Å². The predicted octanol–water partition coefficient (Wildman–Crippen LogP) is 3.14. The topological polar surface area (TPSA) is 60.5 Å². The van der Waals surface area contributed by atoms with Crippen molar-refractivity contribution in [3.05, 3.63) is 47.0 Å². The van der Waals surface area contributed by atoms with E-state index in [4.69, 9.17) is 21.1 Å². The standard InChI is InChI=1S/C14H12ClFN2O3/c1-20-11-7-12(21-2)10(6-9(11)15)18-14(19)8-4-3-5-17-13(8)16/h3-7H,1-2H3,(H,18,19). The Balaban J connectivity index is 2.33. The van der Waals surface area contributed by atoms with Crippen LogP contribution >= 0.6 is 11.6 Å². The van der Waals surface area contributed by atoms with E-state index in [1.54, 1.807) is 0 Å². The van der Waals surface area contributed by atoms with Crippen molar-refractivity contribution < 1.29 is 18.7 Å². The summed E-state index contributed by atoms with van der Waals surface area (Å²) < 4.78 is 23.7. The number of methoxy groups -OCH3 is 2. The lowest BCUT2D eigenvalue weighted by atomic mass is 10.2. The molecule has 1 heterocycles. The summed E-state index contributed by atoms with van der Waals surface area (Å²) in [5, 5.41) is 2.82. The van der Waals surface area contributed by atoms with Crippen LogP contribution < -0.4 is 14.8 Å². The van der Waals surface area contributed by atoms with Crippen LogP contribution in [0.4, 0.5) is 10.1 Å². The molecule has 0 spiro atoms. The van der Waals surface area contributed by atoms with Crippen molar-refractivity contribution in [3.8, 4) is 11.5 Å². The molecule has 1 aromatic carbocycles. The Morgan fingerprint density at radius 2 is 2.00 bits per heavy atom. The SMILES string of the molecule is COc1cc(OC)c(NC(=O)c2cccnc2F)cc1Cl. The molecule has 2 rings (SSSR count). The van der Waals surface area contributed by atoms with Gasteiger partial charge in [0.15, 0.2) is 0 Å². The predicted molar refractivity (Wildman–Crippen MR) is 76.7 cm³/mol. The lowest BCUT2D eigenvalue weighted by molar-refractivity contribution is 0.102. The van der Waals surface area contributed by atoms with Crippen LogP contribution in [0.1, 0.15) is 10.4 Å². The van der Waals surface area contributed by atoms with Gasteiger partial charge >= 0.3 is 0 Å². The van der Waals surface area contributed by atoms with E-state index in [1.165, 1.54) is 44.7 Å².